The van der Waals surface area contributed by atoms with Crippen molar-refractivity contribution < 1.29 is 22.7 Å². The topological polar surface area (TPSA) is 96.0 Å². The zero-order valence-electron chi connectivity index (χ0n) is 21.7. The summed E-state index contributed by atoms with van der Waals surface area (Å²) in [6, 6.07) is 14.6. The Bertz CT molecular complexity index is 1470. The normalized spacial score (nSPS) is 12.0. The predicted octanol–water partition coefficient (Wildman–Crippen LogP) is 5.32. The van der Waals surface area contributed by atoms with Crippen LogP contribution in [0.5, 0.6) is 5.75 Å². The van der Waals surface area contributed by atoms with Crippen molar-refractivity contribution in [2.75, 3.05) is 25.0 Å². The van der Waals surface area contributed by atoms with Gasteiger partial charge in [-0.15, -0.1) is 0 Å². The summed E-state index contributed by atoms with van der Waals surface area (Å²) in [6.45, 7) is 2.76. The Hall–Kier alpha value is -2.98. The number of nitrogens with one attached hydrogen (secondary N) is 1. The molecule has 208 valence electrons. The van der Waals surface area contributed by atoms with Crippen LogP contribution in [0.4, 0.5) is 5.69 Å². The highest BCUT2D eigenvalue weighted by Gasteiger charge is 2.32. The molecule has 0 radical (unpaired) electrons. The molecule has 1 N–H and O–H groups in total. The summed E-state index contributed by atoms with van der Waals surface area (Å²) in [7, 11) is -1.34. The van der Waals surface area contributed by atoms with Crippen molar-refractivity contribution in [2.45, 2.75) is 31.3 Å². The van der Waals surface area contributed by atoms with Gasteiger partial charge in [-0.2, -0.15) is 0 Å². The van der Waals surface area contributed by atoms with Gasteiger partial charge in [0.2, 0.25) is 11.8 Å². The molecule has 0 heterocycles. The maximum absolute atomic E-state index is 13.8. The molecule has 1 atom stereocenters. The third-order valence-corrected chi connectivity index (χ3v) is 8.88. The zero-order valence-corrected chi connectivity index (χ0v) is 24.8. The van der Waals surface area contributed by atoms with E-state index in [0.29, 0.717) is 16.3 Å². The number of nitrogens with zero attached hydrogens (tertiary/aromatic N) is 2. The number of hydrogen-bond acceptors (Lipinski definition) is 5. The van der Waals surface area contributed by atoms with Crippen molar-refractivity contribution in [2.24, 2.45) is 0 Å². The molecular formula is C27H28Cl3N3O5S. The van der Waals surface area contributed by atoms with Crippen LogP contribution in [0.2, 0.25) is 15.1 Å². The molecule has 8 nitrogen and oxygen atoms in total. The Morgan fingerprint density at radius 1 is 0.949 bits per heavy atom. The van der Waals surface area contributed by atoms with Gasteiger partial charge in [0.05, 0.1) is 32.8 Å². The molecule has 0 saturated heterocycles. The van der Waals surface area contributed by atoms with Gasteiger partial charge in [-0.05, 0) is 61.9 Å². The van der Waals surface area contributed by atoms with Gasteiger partial charge in [0, 0.05) is 13.6 Å². The number of sulfonamides is 1. The minimum atomic E-state index is -4.23. The van der Waals surface area contributed by atoms with Crippen LogP contribution in [0, 0.1) is 6.92 Å². The van der Waals surface area contributed by atoms with Crippen LogP contribution >= 0.6 is 34.8 Å². The number of anilines is 1. The van der Waals surface area contributed by atoms with Gasteiger partial charge in [0.1, 0.15) is 18.3 Å². The summed E-state index contributed by atoms with van der Waals surface area (Å²) in [5, 5.41) is 3.31. The van der Waals surface area contributed by atoms with Gasteiger partial charge >= 0.3 is 0 Å². The third kappa shape index (κ3) is 7.16. The summed E-state index contributed by atoms with van der Waals surface area (Å²) in [4.78, 5) is 27.7. The molecule has 3 rings (SSSR count). The fourth-order valence-electron chi connectivity index (χ4n) is 3.80. The van der Waals surface area contributed by atoms with Crippen LogP contribution < -0.4 is 14.4 Å². The third-order valence-electron chi connectivity index (χ3n) is 6.06. The number of amides is 2. The second-order valence-corrected chi connectivity index (χ2v) is 11.8. The molecule has 0 saturated carbocycles. The van der Waals surface area contributed by atoms with Crippen molar-refractivity contribution in [3.63, 3.8) is 0 Å². The van der Waals surface area contributed by atoms with Crippen LogP contribution in [0.25, 0.3) is 0 Å². The summed E-state index contributed by atoms with van der Waals surface area (Å²) in [5.41, 5.74) is 1.63. The lowest BCUT2D eigenvalue weighted by Gasteiger charge is -2.32. The number of carbonyl (C=O) groups excluding carboxylic acids is 2. The average molecular weight is 613 g/mol. The minimum absolute atomic E-state index is 0.0109. The molecule has 3 aromatic carbocycles. The second-order valence-electron chi connectivity index (χ2n) is 8.70. The van der Waals surface area contributed by atoms with Crippen LogP contribution in [0.3, 0.4) is 0 Å². The van der Waals surface area contributed by atoms with Gasteiger partial charge in [-0.1, -0.05) is 58.6 Å². The lowest BCUT2D eigenvalue weighted by atomic mass is 10.1. The van der Waals surface area contributed by atoms with E-state index >= 15 is 0 Å². The number of benzene rings is 3. The highest BCUT2D eigenvalue weighted by atomic mass is 35.5. The average Bonchev–Trinajstić information content (AvgIpc) is 2.91. The Morgan fingerprint density at radius 2 is 1.62 bits per heavy atom. The van der Waals surface area contributed by atoms with Crippen molar-refractivity contribution in [3.05, 3.63) is 86.9 Å². The van der Waals surface area contributed by atoms with E-state index in [0.717, 1.165) is 9.87 Å². The molecule has 0 fully saturated rings. The fourth-order valence-corrected chi connectivity index (χ4v) is 5.78. The number of methoxy groups -OCH3 is 1. The summed E-state index contributed by atoms with van der Waals surface area (Å²) < 4.78 is 33.8. The Kier molecular flexibility index (Phi) is 10.1. The van der Waals surface area contributed by atoms with E-state index in [1.165, 1.54) is 49.4 Å². The lowest BCUT2D eigenvalue weighted by Crippen LogP contribution is -2.50. The summed E-state index contributed by atoms with van der Waals surface area (Å²) in [5.74, 6) is -0.711. The standard InChI is InChI=1S/C27H28Cl3N3O5S/c1-17-5-9-21(10-6-17)39(36,37)33(20-8-12-25(38-4)24(30)14-20)16-26(34)32(18(2)27(35)31-3)15-19-7-11-22(28)23(29)13-19/h5-14,18H,15-16H2,1-4H3,(H,31,35). The molecule has 2 amide bonds. The van der Waals surface area contributed by atoms with E-state index in [-0.39, 0.29) is 27.2 Å². The smallest absolute Gasteiger partial charge is 0.264 e. The summed E-state index contributed by atoms with van der Waals surface area (Å²) in [6.07, 6.45) is 0. The predicted molar refractivity (Wildman–Crippen MR) is 154 cm³/mol. The SMILES string of the molecule is CNC(=O)C(C)N(Cc1ccc(Cl)c(Cl)c1)C(=O)CN(c1ccc(OC)c(Cl)c1)S(=O)(=O)c1ccc(C)cc1. The lowest BCUT2D eigenvalue weighted by molar-refractivity contribution is -0.139. The van der Waals surface area contributed by atoms with Crippen molar-refractivity contribution in [3.8, 4) is 5.75 Å². The van der Waals surface area contributed by atoms with E-state index in [9.17, 15) is 18.0 Å². The van der Waals surface area contributed by atoms with Crippen LogP contribution in [0.15, 0.2) is 65.6 Å². The molecule has 39 heavy (non-hydrogen) atoms. The Balaban J connectivity index is 2.07. The highest BCUT2D eigenvalue weighted by Crippen LogP contribution is 2.32. The first-order valence-corrected chi connectivity index (χ1v) is 14.3. The van der Waals surface area contributed by atoms with Gasteiger partial charge in [0.15, 0.2) is 0 Å². The molecule has 12 heteroatoms. The zero-order chi connectivity index (χ0) is 28.9. The van der Waals surface area contributed by atoms with Gasteiger partial charge < -0.3 is 15.0 Å². The molecule has 0 aliphatic carbocycles. The highest BCUT2D eigenvalue weighted by molar-refractivity contribution is 7.92. The van der Waals surface area contributed by atoms with Gasteiger partial charge in [-0.3, -0.25) is 13.9 Å². The Labute approximate surface area is 243 Å². The number of aryl methyl sites for hydroxylation is 1. The molecular weight excluding hydrogens is 585 g/mol. The van der Waals surface area contributed by atoms with Crippen molar-refractivity contribution in [1.82, 2.24) is 10.2 Å². The Morgan fingerprint density at radius 3 is 2.18 bits per heavy atom. The number of ether oxygens (including phenoxy) is 1. The number of hydrogen-bond donors (Lipinski definition) is 1. The van der Waals surface area contributed by atoms with Crippen LogP contribution in [0.1, 0.15) is 18.1 Å². The second kappa shape index (κ2) is 12.9. The molecule has 0 aliphatic rings. The first-order valence-electron chi connectivity index (χ1n) is 11.8. The van der Waals surface area contributed by atoms with Crippen molar-refractivity contribution in [1.29, 1.82) is 0 Å². The summed E-state index contributed by atoms with van der Waals surface area (Å²) >= 11 is 18.5. The molecule has 0 spiro atoms. The molecule has 0 aromatic heterocycles. The molecule has 0 aliphatic heterocycles. The van der Waals surface area contributed by atoms with E-state index in [2.05, 4.69) is 5.32 Å². The van der Waals surface area contributed by atoms with Crippen molar-refractivity contribution >= 4 is 62.3 Å². The van der Waals surface area contributed by atoms with E-state index < -0.39 is 34.4 Å². The minimum Gasteiger partial charge on any atom is -0.495 e. The van der Waals surface area contributed by atoms with E-state index in [1.807, 2.05) is 6.92 Å². The van der Waals surface area contributed by atoms with E-state index in [1.54, 1.807) is 37.3 Å². The van der Waals surface area contributed by atoms with E-state index in [4.69, 9.17) is 39.5 Å². The first-order chi connectivity index (χ1) is 18.4. The number of carbonyl (C=O) groups is 2. The maximum Gasteiger partial charge on any atom is 0.264 e. The fraction of sp³-hybridized carbons (Fsp3) is 0.259. The molecule has 3 aromatic rings. The van der Waals surface area contributed by atoms with Gasteiger partial charge in [-0.25, -0.2) is 8.42 Å². The number of likely N-dealkylation sites (N-methyl/N-ethyl adjacent to an activating group) is 1. The monoisotopic (exact) mass is 611 g/mol. The molecule has 1 unspecified atom stereocenters. The van der Waals surface area contributed by atoms with Gasteiger partial charge in [0.25, 0.3) is 10.0 Å². The molecule has 0 bridgehead atoms. The maximum atomic E-state index is 13.8. The number of rotatable bonds is 10. The van der Waals surface area contributed by atoms with Crippen LogP contribution in [-0.2, 0) is 26.2 Å². The first kappa shape index (κ1) is 30.6. The largest absolute Gasteiger partial charge is 0.495 e. The van der Waals surface area contributed by atoms with Crippen LogP contribution in [-0.4, -0.2) is 51.9 Å². The quantitative estimate of drug-likeness (QED) is 0.334. The number of halogens is 3.